The van der Waals surface area contributed by atoms with Crippen LogP contribution in [0.1, 0.15) is 24.1 Å². The van der Waals surface area contributed by atoms with Crippen molar-refractivity contribution in [3.63, 3.8) is 0 Å². The van der Waals surface area contributed by atoms with Crippen molar-refractivity contribution in [3.8, 4) is 11.5 Å². The first kappa shape index (κ1) is 16.4. The lowest BCUT2D eigenvalue weighted by molar-refractivity contribution is 0.184. The molecule has 4 nitrogen and oxygen atoms in total. The van der Waals surface area contributed by atoms with Gasteiger partial charge in [0.2, 0.25) is 0 Å². The average molecular weight is 338 g/mol. The number of aromatic nitrogens is 1. The van der Waals surface area contributed by atoms with Crippen LogP contribution in [0, 0.1) is 18.8 Å². The first-order valence-corrected chi connectivity index (χ1v) is 9.26. The molecule has 132 valence electrons. The van der Waals surface area contributed by atoms with Crippen LogP contribution in [0.2, 0.25) is 0 Å². The minimum absolute atomic E-state index is 0.342. The Labute approximate surface area is 149 Å². The molecule has 2 heterocycles. The first-order valence-electron chi connectivity index (χ1n) is 9.26. The maximum Gasteiger partial charge on any atom is 0.140 e. The number of likely N-dealkylation sites (tertiary alicyclic amines) is 1. The quantitative estimate of drug-likeness (QED) is 0.907. The summed E-state index contributed by atoms with van der Waals surface area (Å²) in [4.78, 5) is 6.91. The molecule has 0 bridgehead atoms. The Morgan fingerprint density at radius 2 is 1.84 bits per heavy atom. The summed E-state index contributed by atoms with van der Waals surface area (Å²) in [6.07, 6.45) is 5.53. The van der Waals surface area contributed by atoms with Gasteiger partial charge in [-0.25, -0.2) is 0 Å². The van der Waals surface area contributed by atoms with Crippen molar-refractivity contribution in [2.75, 3.05) is 19.6 Å². The Morgan fingerprint density at radius 3 is 2.52 bits per heavy atom. The maximum atomic E-state index is 9.37. The largest absolute Gasteiger partial charge is 0.508 e. The van der Waals surface area contributed by atoms with Crippen LogP contribution >= 0.6 is 0 Å². The number of phenols is 1. The SMILES string of the molecule is Cc1ncccc1OC1CC2CN(CCc3ccc(O)cc3)CC2C1. The van der Waals surface area contributed by atoms with Gasteiger partial charge in [0.15, 0.2) is 0 Å². The molecular formula is C21H26N2O2. The number of fused-ring (bicyclic) bond motifs is 1. The molecule has 1 aliphatic carbocycles. The van der Waals surface area contributed by atoms with E-state index in [2.05, 4.69) is 9.88 Å². The van der Waals surface area contributed by atoms with Crippen LogP contribution in [0.5, 0.6) is 11.5 Å². The number of hydrogen-bond acceptors (Lipinski definition) is 4. The van der Waals surface area contributed by atoms with Crippen molar-refractivity contribution in [3.05, 3.63) is 53.9 Å². The van der Waals surface area contributed by atoms with Gasteiger partial charge in [0.1, 0.15) is 11.5 Å². The molecule has 1 aromatic heterocycles. The minimum Gasteiger partial charge on any atom is -0.508 e. The number of pyridine rings is 1. The second kappa shape index (κ2) is 7.04. The number of nitrogens with zero attached hydrogens (tertiary/aromatic N) is 2. The lowest BCUT2D eigenvalue weighted by Crippen LogP contribution is -2.26. The van der Waals surface area contributed by atoms with Crippen LogP contribution in [0.15, 0.2) is 42.6 Å². The standard InChI is InChI=1S/C21H26N2O2/c1-15-21(3-2-9-22-15)25-20-11-17-13-23(14-18(17)12-20)10-8-16-4-6-19(24)7-5-16/h2-7,9,17-18,20,24H,8,10-14H2,1H3. The Bertz CT molecular complexity index is 702. The molecule has 2 fully saturated rings. The van der Waals surface area contributed by atoms with E-state index in [1.54, 1.807) is 12.1 Å². The van der Waals surface area contributed by atoms with E-state index in [0.717, 1.165) is 49.1 Å². The van der Waals surface area contributed by atoms with Gasteiger partial charge in [0.25, 0.3) is 0 Å². The molecule has 2 aromatic rings. The number of phenolic OH excluding ortho intramolecular Hbond substituents is 1. The molecule has 2 unspecified atom stereocenters. The molecule has 0 radical (unpaired) electrons. The Balaban J connectivity index is 1.26. The first-order chi connectivity index (χ1) is 12.2. The zero-order valence-electron chi connectivity index (χ0n) is 14.8. The highest BCUT2D eigenvalue weighted by Gasteiger charge is 2.41. The van der Waals surface area contributed by atoms with Gasteiger partial charge in [-0.2, -0.15) is 0 Å². The fourth-order valence-electron chi connectivity index (χ4n) is 4.34. The third-order valence-corrected chi connectivity index (χ3v) is 5.69. The molecule has 1 saturated carbocycles. The predicted molar refractivity (Wildman–Crippen MR) is 97.9 cm³/mol. The van der Waals surface area contributed by atoms with Crippen LogP contribution in [-0.4, -0.2) is 40.7 Å². The molecule has 0 amide bonds. The average Bonchev–Trinajstić information content (AvgIpc) is 3.14. The van der Waals surface area contributed by atoms with Gasteiger partial charge in [0, 0.05) is 25.8 Å². The molecule has 4 rings (SSSR count). The van der Waals surface area contributed by atoms with E-state index < -0.39 is 0 Å². The van der Waals surface area contributed by atoms with Crippen LogP contribution in [0.4, 0.5) is 0 Å². The second-order valence-electron chi connectivity index (χ2n) is 7.49. The zero-order chi connectivity index (χ0) is 17.2. The smallest absolute Gasteiger partial charge is 0.140 e. The fourth-order valence-corrected chi connectivity index (χ4v) is 4.34. The molecule has 1 N–H and O–H groups in total. The van der Waals surface area contributed by atoms with Gasteiger partial charge in [-0.15, -0.1) is 0 Å². The molecule has 1 aromatic carbocycles. The van der Waals surface area contributed by atoms with E-state index in [9.17, 15) is 5.11 Å². The van der Waals surface area contributed by atoms with Crippen LogP contribution in [0.3, 0.4) is 0 Å². The highest BCUT2D eigenvalue weighted by atomic mass is 16.5. The van der Waals surface area contributed by atoms with Gasteiger partial charge in [-0.1, -0.05) is 12.1 Å². The number of aryl methyl sites for hydroxylation is 1. The fraction of sp³-hybridized carbons (Fsp3) is 0.476. The molecule has 2 aliphatic rings. The van der Waals surface area contributed by atoms with E-state index in [-0.39, 0.29) is 0 Å². The third-order valence-electron chi connectivity index (χ3n) is 5.69. The molecule has 1 aliphatic heterocycles. The molecule has 2 atom stereocenters. The second-order valence-corrected chi connectivity index (χ2v) is 7.49. The zero-order valence-corrected chi connectivity index (χ0v) is 14.8. The van der Waals surface area contributed by atoms with E-state index in [1.807, 2.05) is 37.4 Å². The van der Waals surface area contributed by atoms with Crippen molar-refractivity contribution in [1.29, 1.82) is 0 Å². The summed E-state index contributed by atoms with van der Waals surface area (Å²) in [6, 6.07) is 11.6. The van der Waals surface area contributed by atoms with Gasteiger partial charge in [-0.3, -0.25) is 4.98 Å². The van der Waals surface area contributed by atoms with Crippen LogP contribution in [-0.2, 0) is 6.42 Å². The molecule has 0 spiro atoms. The summed E-state index contributed by atoms with van der Waals surface area (Å²) in [6.45, 7) is 5.49. The van der Waals surface area contributed by atoms with Crippen molar-refractivity contribution >= 4 is 0 Å². The molecule has 1 saturated heterocycles. The third kappa shape index (κ3) is 3.79. The lowest BCUT2D eigenvalue weighted by Gasteiger charge is -2.20. The van der Waals surface area contributed by atoms with Crippen LogP contribution in [0.25, 0.3) is 0 Å². The summed E-state index contributed by atoms with van der Waals surface area (Å²) < 4.78 is 6.21. The van der Waals surface area contributed by atoms with Gasteiger partial charge >= 0.3 is 0 Å². The van der Waals surface area contributed by atoms with Gasteiger partial charge < -0.3 is 14.7 Å². The topological polar surface area (TPSA) is 45.6 Å². The van der Waals surface area contributed by atoms with Crippen LogP contribution < -0.4 is 4.74 Å². The van der Waals surface area contributed by atoms with Crippen molar-refractivity contribution in [2.24, 2.45) is 11.8 Å². The van der Waals surface area contributed by atoms with E-state index in [0.29, 0.717) is 11.9 Å². The minimum atomic E-state index is 0.342. The van der Waals surface area contributed by atoms with Crippen molar-refractivity contribution in [1.82, 2.24) is 9.88 Å². The van der Waals surface area contributed by atoms with Crippen molar-refractivity contribution < 1.29 is 9.84 Å². The van der Waals surface area contributed by atoms with Crippen molar-refractivity contribution in [2.45, 2.75) is 32.3 Å². The summed E-state index contributed by atoms with van der Waals surface area (Å²) >= 11 is 0. The van der Waals surface area contributed by atoms with E-state index in [1.165, 1.54) is 18.7 Å². The maximum absolute atomic E-state index is 9.37. The normalized spacial score (nSPS) is 25.9. The lowest BCUT2D eigenvalue weighted by atomic mass is 10.0. The number of rotatable bonds is 5. The number of benzene rings is 1. The van der Waals surface area contributed by atoms with E-state index >= 15 is 0 Å². The Kier molecular flexibility index (Phi) is 4.62. The molecule has 4 heteroatoms. The predicted octanol–water partition coefficient (Wildman–Crippen LogP) is 3.43. The summed E-state index contributed by atoms with van der Waals surface area (Å²) in [5.74, 6) is 2.81. The number of aromatic hydroxyl groups is 1. The van der Waals surface area contributed by atoms with Gasteiger partial charge in [-0.05, 0) is 67.9 Å². The monoisotopic (exact) mass is 338 g/mol. The van der Waals surface area contributed by atoms with E-state index in [4.69, 9.17) is 4.74 Å². The highest BCUT2D eigenvalue weighted by Crippen LogP contribution is 2.40. The summed E-state index contributed by atoms with van der Waals surface area (Å²) in [7, 11) is 0. The Morgan fingerprint density at radius 1 is 1.12 bits per heavy atom. The number of ether oxygens (including phenoxy) is 1. The summed E-state index contributed by atoms with van der Waals surface area (Å²) in [5, 5.41) is 9.37. The molecular weight excluding hydrogens is 312 g/mol. The summed E-state index contributed by atoms with van der Waals surface area (Å²) in [5.41, 5.74) is 2.28. The highest BCUT2D eigenvalue weighted by molar-refractivity contribution is 5.26. The number of hydrogen-bond donors (Lipinski definition) is 1. The van der Waals surface area contributed by atoms with Gasteiger partial charge in [0.05, 0.1) is 11.8 Å². The molecule has 25 heavy (non-hydrogen) atoms. The Hall–Kier alpha value is -2.07.